The van der Waals surface area contributed by atoms with E-state index in [1.165, 1.54) is 0 Å². The molecule has 0 saturated heterocycles. The van der Waals surface area contributed by atoms with Crippen LogP contribution in [-0.4, -0.2) is 35.8 Å². The summed E-state index contributed by atoms with van der Waals surface area (Å²) in [5, 5.41) is 0.547. The molecule has 0 spiro atoms. The molecule has 0 aliphatic heterocycles. The van der Waals surface area contributed by atoms with Gasteiger partial charge in [-0.05, 0) is 24.6 Å². The number of nitrogens with zero attached hydrogens (tertiary/aromatic N) is 1. The highest BCUT2D eigenvalue weighted by atomic mass is 35.5. The Labute approximate surface area is 122 Å². The van der Waals surface area contributed by atoms with Gasteiger partial charge in [-0.25, -0.2) is 0 Å². The summed E-state index contributed by atoms with van der Waals surface area (Å²) in [6.07, 6.45) is 0. The van der Waals surface area contributed by atoms with Crippen LogP contribution in [0.1, 0.15) is 18.5 Å². The first kappa shape index (κ1) is 16.4. The molecule has 2 atom stereocenters. The molecule has 0 aliphatic rings. The van der Waals surface area contributed by atoms with Crippen molar-refractivity contribution >= 4 is 23.4 Å². The number of benzene rings is 1. The fraction of sp³-hybridized carbons (Fsp3) is 0.385. The Balaban J connectivity index is 3.12. The monoisotopic (exact) mass is 298 g/mol. The second kappa shape index (κ2) is 7.23. The lowest BCUT2D eigenvalue weighted by Crippen LogP contribution is -2.47. The largest absolute Gasteiger partial charge is 0.369 e. The van der Waals surface area contributed by atoms with Gasteiger partial charge in [-0.2, -0.15) is 0 Å². The van der Waals surface area contributed by atoms with Gasteiger partial charge in [0.2, 0.25) is 11.8 Å². The van der Waals surface area contributed by atoms with Crippen molar-refractivity contribution in [3.05, 3.63) is 34.9 Å². The van der Waals surface area contributed by atoms with E-state index in [1.54, 1.807) is 30.0 Å². The van der Waals surface area contributed by atoms with Crippen molar-refractivity contribution in [2.75, 3.05) is 13.1 Å². The summed E-state index contributed by atoms with van der Waals surface area (Å²) in [5.74, 6) is -1.11. The standard InChI is InChI=1S/C13H19ClN4O2/c1-8(15)13(9-3-2-4-10(14)5-9)18(6-11(16)19)7-12(17)20/h2-5,8,13H,6-7,15H2,1H3,(H2,16,19)(H2,17,20). The van der Waals surface area contributed by atoms with E-state index in [-0.39, 0.29) is 25.2 Å². The minimum absolute atomic E-state index is 0.109. The van der Waals surface area contributed by atoms with Gasteiger partial charge in [0.05, 0.1) is 19.1 Å². The Morgan fingerprint density at radius 3 is 2.20 bits per heavy atom. The van der Waals surface area contributed by atoms with Crippen molar-refractivity contribution in [2.45, 2.75) is 19.0 Å². The number of primary amides is 2. The molecule has 0 radical (unpaired) electrons. The SMILES string of the molecule is CC(N)C(c1cccc(Cl)c1)N(CC(N)=O)CC(N)=O. The zero-order valence-electron chi connectivity index (χ0n) is 11.3. The first-order valence-electron chi connectivity index (χ1n) is 6.13. The molecule has 2 unspecified atom stereocenters. The molecule has 0 aliphatic carbocycles. The van der Waals surface area contributed by atoms with Crippen LogP contribution in [-0.2, 0) is 9.59 Å². The van der Waals surface area contributed by atoms with Crippen molar-refractivity contribution in [2.24, 2.45) is 17.2 Å². The lowest BCUT2D eigenvalue weighted by molar-refractivity contribution is -0.123. The predicted octanol–water partition coefficient (Wildman–Crippen LogP) is 0.000900. The first-order valence-corrected chi connectivity index (χ1v) is 6.50. The molecule has 0 aromatic heterocycles. The van der Waals surface area contributed by atoms with Gasteiger partial charge in [0.25, 0.3) is 0 Å². The van der Waals surface area contributed by atoms with Gasteiger partial charge in [-0.1, -0.05) is 23.7 Å². The highest BCUT2D eigenvalue weighted by Crippen LogP contribution is 2.25. The van der Waals surface area contributed by atoms with Gasteiger partial charge in [0, 0.05) is 11.1 Å². The average Bonchev–Trinajstić information content (AvgIpc) is 2.26. The average molecular weight is 299 g/mol. The van der Waals surface area contributed by atoms with Gasteiger partial charge in [-0.15, -0.1) is 0 Å². The van der Waals surface area contributed by atoms with Crippen molar-refractivity contribution in [1.29, 1.82) is 0 Å². The zero-order chi connectivity index (χ0) is 15.3. The lowest BCUT2D eigenvalue weighted by Gasteiger charge is -2.33. The van der Waals surface area contributed by atoms with E-state index >= 15 is 0 Å². The van der Waals surface area contributed by atoms with Gasteiger partial charge < -0.3 is 17.2 Å². The maximum atomic E-state index is 11.2. The summed E-state index contributed by atoms with van der Waals surface area (Å²) in [7, 11) is 0. The number of carbonyl (C=O) groups is 2. The van der Waals surface area contributed by atoms with Crippen LogP contribution in [0.4, 0.5) is 0 Å². The summed E-state index contributed by atoms with van der Waals surface area (Å²) < 4.78 is 0. The molecule has 6 N–H and O–H groups in total. The minimum Gasteiger partial charge on any atom is -0.369 e. The van der Waals surface area contributed by atoms with Crippen LogP contribution in [0.3, 0.4) is 0 Å². The third-order valence-electron chi connectivity index (χ3n) is 2.80. The molecule has 6 nitrogen and oxygen atoms in total. The van der Waals surface area contributed by atoms with Crippen molar-refractivity contribution in [3.8, 4) is 0 Å². The second-order valence-electron chi connectivity index (χ2n) is 4.70. The molecule has 0 heterocycles. The van der Waals surface area contributed by atoms with E-state index in [9.17, 15) is 9.59 Å². The predicted molar refractivity (Wildman–Crippen MR) is 77.8 cm³/mol. The van der Waals surface area contributed by atoms with Crippen molar-refractivity contribution in [1.82, 2.24) is 4.90 Å². The Morgan fingerprint density at radius 1 is 1.25 bits per heavy atom. The van der Waals surface area contributed by atoms with E-state index in [1.807, 2.05) is 6.07 Å². The van der Waals surface area contributed by atoms with Crippen LogP contribution in [0.2, 0.25) is 5.02 Å². The molecule has 110 valence electrons. The van der Waals surface area contributed by atoms with Gasteiger partial charge in [0.15, 0.2) is 0 Å². The normalized spacial score (nSPS) is 14.0. The van der Waals surface area contributed by atoms with Crippen LogP contribution in [0.25, 0.3) is 0 Å². The highest BCUT2D eigenvalue weighted by molar-refractivity contribution is 6.30. The molecular weight excluding hydrogens is 280 g/mol. The Morgan fingerprint density at radius 2 is 1.80 bits per heavy atom. The van der Waals surface area contributed by atoms with E-state index in [0.29, 0.717) is 5.02 Å². The number of hydrogen-bond donors (Lipinski definition) is 3. The van der Waals surface area contributed by atoms with Gasteiger partial charge in [-0.3, -0.25) is 14.5 Å². The molecule has 7 heteroatoms. The fourth-order valence-electron chi connectivity index (χ4n) is 2.19. The van der Waals surface area contributed by atoms with E-state index in [4.69, 9.17) is 28.8 Å². The van der Waals surface area contributed by atoms with Gasteiger partial charge in [0.1, 0.15) is 0 Å². The minimum atomic E-state index is -0.557. The molecule has 0 fully saturated rings. The second-order valence-corrected chi connectivity index (χ2v) is 5.13. The summed E-state index contributed by atoms with van der Waals surface area (Å²) in [4.78, 5) is 23.9. The lowest BCUT2D eigenvalue weighted by atomic mass is 9.99. The Bertz CT molecular complexity index is 477. The number of halogens is 1. The Kier molecular flexibility index (Phi) is 5.94. The van der Waals surface area contributed by atoms with Crippen LogP contribution < -0.4 is 17.2 Å². The summed E-state index contributed by atoms with van der Waals surface area (Å²) >= 11 is 5.97. The molecular formula is C13H19ClN4O2. The first-order chi connectivity index (χ1) is 9.31. The van der Waals surface area contributed by atoms with E-state index in [0.717, 1.165) is 5.56 Å². The third-order valence-corrected chi connectivity index (χ3v) is 3.03. The van der Waals surface area contributed by atoms with E-state index < -0.39 is 11.8 Å². The van der Waals surface area contributed by atoms with Crippen LogP contribution >= 0.6 is 11.6 Å². The molecule has 1 aromatic rings. The molecule has 1 aromatic carbocycles. The fourth-order valence-corrected chi connectivity index (χ4v) is 2.39. The summed E-state index contributed by atoms with van der Waals surface area (Å²) in [5.41, 5.74) is 17.2. The zero-order valence-corrected chi connectivity index (χ0v) is 12.0. The van der Waals surface area contributed by atoms with Crippen LogP contribution in [0.5, 0.6) is 0 Å². The van der Waals surface area contributed by atoms with Crippen LogP contribution in [0, 0.1) is 0 Å². The number of rotatable bonds is 7. The number of nitrogens with two attached hydrogens (primary N) is 3. The molecule has 20 heavy (non-hydrogen) atoms. The maximum Gasteiger partial charge on any atom is 0.231 e. The number of hydrogen-bond acceptors (Lipinski definition) is 4. The van der Waals surface area contributed by atoms with Gasteiger partial charge >= 0.3 is 0 Å². The highest BCUT2D eigenvalue weighted by Gasteiger charge is 2.26. The van der Waals surface area contributed by atoms with Crippen LogP contribution in [0.15, 0.2) is 24.3 Å². The Hall–Kier alpha value is -1.63. The number of carbonyl (C=O) groups excluding carboxylic acids is 2. The van der Waals surface area contributed by atoms with E-state index in [2.05, 4.69) is 0 Å². The third kappa shape index (κ3) is 4.80. The molecule has 0 saturated carbocycles. The van der Waals surface area contributed by atoms with Crippen molar-refractivity contribution < 1.29 is 9.59 Å². The summed E-state index contributed by atoms with van der Waals surface area (Å²) in [6.45, 7) is 1.56. The molecule has 2 amide bonds. The smallest absolute Gasteiger partial charge is 0.231 e. The molecule has 1 rings (SSSR count). The quantitative estimate of drug-likeness (QED) is 0.657. The molecule has 0 bridgehead atoms. The number of amides is 2. The summed E-state index contributed by atoms with van der Waals surface area (Å²) in [6, 6.07) is 6.36. The maximum absolute atomic E-state index is 11.2. The topological polar surface area (TPSA) is 115 Å². The van der Waals surface area contributed by atoms with Crippen molar-refractivity contribution in [3.63, 3.8) is 0 Å².